The molecule has 0 radical (unpaired) electrons. The molecule has 1 N–H and O–H groups in total. The average Bonchev–Trinajstić information content (AvgIpc) is 3.09. The molecule has 20 heavy (non-hydrogen) atoms. The Bertz CT molecular complexity index is 623. The summed E-state index contributed by atoms with van der Waals surface area (Å²) >= 11 is 2.11. The van der Waals surface area contributed by atoms with Crippen molar-refractivity contribution in [2.24, 2.45) is 0 Å². The van der Waals surface area contributed by atoms with Crippen molar-refractivity contribution in [3.63, 3.8) is 0 Å². The fourth-order valence-corrected chi connectivity index (χ4v) is 2.63. The van der Waals surface area contributed by atoms with Crippen LogP contribution in [0.25, 0.3) is 0 Å². The molecule has 1 fully saturated rings. The number of ether oxygens (including phenoxy) is 1. The van der Waals surface area contributed by atoms with E-state index in [1.54, 1.807) is 6.07 Å². The third kappa shape index (κ3) is 2.83. The number of aromatic nitrogens is 2. The molecule has 0 saturated carbocycles. The van der Waals surface area contributed by atoms with Crippen LogP contribution in [0.1, 0.15) is 35.2 Å². The summed E-state index contributed by atoms with van der Waals surface area (Å²) in [4.78, 5) is 12.1. The highest BCUT2D eigenvalue weighted by Gasteiger charge is 2.24. The molecule has 6 nitrogen and oxygen atoms in total. The van der Waals surface area contributed by atoms with Crippen LogP contribution in [0.3, 0.4) is 0 Å². The fraction of sp³-hybridized carbons (Fsp3) is 0.308. The zero-order valence-corrected chi connectivity index (χ0v) is 12.7. The maximum absolute atomic E-state index is 12.1. The molecule has 7 heteroatoms. The van der Waals surface area contributed by atoms with Crippen LogP contribution in [-0.4, -0.2) is 22.7 Å². The number of carbonyl (C=O) groups excluding carboxylic acids is 1. The topological polar surface area (TPSA) is 77.2 Å². The van der Waals surface area contributed by atoms with Crippen molar-refractivity contribution in [3.05, 3.63) is 39.3 Å². The van der Waals surface area contributed by atoms with Gasteiger partial charge in [0.05, 0.1) is 5.56 Å². The zero-order chi connectivity index (χ0) is 13.9. The van der Waals surface area contributed by atoms with Crippen LogP contribution in [-0.2, 0) is 4.74 Å². The number of anilines is 1. The summed E-state index contributed by atoms with van der Waals surface area (Å²) in [5.41, 5.74) is 0.574. The van der Waals surface area contributed by atoms with Crippen LogP contribution in [0.5, 0.6) is 0 Å². The number of hydrogen-bond acceptors (Lipinski definition) is 5. The maximum atomic E-state index is 12.1. The minimum atomic E-state index is -0.266. The number of nitrogens with zero attached hydrogens (tertiary/aromatic N) is 2. The molecule has 0 spiro atoms. The van der Waals surface area contributed by atoms with Gasteiger partial charge < -0.3 is 9.15 Å². The summed E-state index contributed by atoms with van der Waals surface area (Å²) in [5, 5.41) is 10.3. The Balaban J connectivity index is 1.72. The van der Waals surface area contributed by atoms with E-state index in [0.717, 1.165) is 16.4 Å². The molecular weight excluding hydrogens is 373 g/mol. The van der Waals surface area contributed by atoms with E-state index < -0.39 is 0 Å². The number of rotatable bonds is 3. The van der Waals surface area contributed by atoms with Crippen LogP contribution in [0.4, 0.5) is 6.01 Å². The molecule has 0 aliphatic carbocycles. The second-order valence-electron chi connectivity index (χ2n) is 4.38. The van der Waals surface area contributed by atoms with Gasteiger partial charge >= 0.3 is 6.01 Å². The molecule has 1 amide bonds. The second-order valence-corrected chi connectivity index (χ2v) is 5.54. The maximum Gasteiger partial charge on any atom is 0.322 e. The highest BCUT2D eigenvalue weighted by molar-refractivity contribution is 14.1. The number of nitrogens with one attached hydrogen (secondary N) is 1. The number of amides is 1. The quantitative estimate of drug-likeness (QED) is 0.823. The molecule has 1 saturated heterocycles. The van der Waals surface area contributed by atoms with E-state index in [2.05, 4.69) is 38.1 Å². The summed E-state index contributed by atoms with van der Waals surface area (Å²) in [6.07, 6.45) is 1.70. The largest absolute Gasteiger partial charge is 0.405 e. The number of benzene rings is 1. The van der Waals surface area contributed by atoms with Crippen molar-refractivity contribution in [3.8, 4) is 0 Å². The number of carbonyl (C=O) groups is 1. The van der Waals surface area contributed by atoms with Crippen molar-refractivity contribution in [2.45, 2.75) is 18.9 Å². The Hall–Kier alpha value is -1.48. The summed E-state index contributed by atoms with van der Waals surface area (Å²) in [6, 6.07) is 7.39. The van der Waals surface area contributed by atoms with Gasteiger partial charge in [-0.25, -0.2) is 0 Å². The first kappa shape index (κ1) is 13.5. The van der Waals surface area contributed by atoms with Gasteiger partial charge in [-0.05, 0) is 47.6 Å². The van der Waals surface area contributed by atoms with Gasteiger partial charge in [0.2, 0.25) is 5.89 Å². The van der Waals surface area contributed by atoms with E-state index in [1.807, 2.05) is 18.2 Å². The molecule has 0 bridgehead atoms. The highest BCUT2D eigenvalue weighted by Crippen LogP contribution is 2.28. The van der Waals surface area contributed by atoms with Gasteiger partial charge in [-0.1, -0.05) is 17.2 Å². The van der Waals surface area contributed by atoms with Gasteiger partial charge in [-0.2, -0.15) is 0 Å². The van der Waals surface area contributed by atoms with Crippen molar-refractivity contribution in [2.75, 3.05) is 11.9 Å². The Morgan fingerprint density at radius 3 is 2.95 bits per heavy atom. The van der Waals surface area contributed by atoms with Crippen molar-refractivity contribution in [1.29, 1.82) is 0 Å². The van der Waals surface area contributed by atoms with E-state index in [4.69, 9.17) is 9.15 Å². The fourth-order valence-electron chi connectivity index (χ4n) is 2.00. The highest BCUT2D eigenvalue weighted by atomic mass is 127. The van der Waals surface area contributed by atoms with Crippen molar-refractivity contribution < 1.29 is 13.9 Å². The molecule has 1 aromatic carbocycles. The molecule has 104 valence electrons. The van der Waals surface area contributed by atoms with Crippen LogP contribution in [0.2, 0.25) is 0 Å². The summed E-state index contributed by atoms with van der Waals surface area (Å²) in [6.45, 7) is 0.705. The number of halogens is 1. The van der Waals surface area contributed by atoms with Crippen molar-refractivity contribution >= 4 is 34.5 Å². The van der Waals surface area contributed by atoms with E-state index in [9.17, 15) is 4.79 Å². The SMILES string of the molecule is O=C(Nc1nnc(C2CCCO2)o1)c1ccccc1I. The summed E-state index contributed by atoms with van der Waals surface area (Å²) < 4.78 is 11.7. The predicted molar refractivity (Wildman–Crippen MR) is 79.3 cm³/mol. The van der Waals surface area contributed by atoms with Crippen LogP contribution in [0, 0.1) is 3.57 Å². The van der Waals surface area contributed by atoms with Gasteiger partial charge in [0.15, 0.2) is 0 Å². The Morgan fingerprint density at radius 1 is 1.35 bits per heavy atom. The lowest BCUT2D eigenvalue weighted by Gasteiger charge is -2.03. The molecule has 1 atom stereocenters. The van der Waals surface area contributed by atoms with Gasteiger partial charge in [0.25, 0.3) is 5.91 Å². The molecule has 2 aromatic rings. The Labute approximate surface area is 129 Å². The first-order chi connectivity index (χ1) is 9.74. The minimum absolute atomic E-state index is 0.0974. The predicted octanol–water partition coefficient (Wildman–Crippen LogP) is 2.78. The van der Waals surface area contributed by atoms with Gasteiger partial charge in [-0.3, -0.25) is 10.1 Å². The zero-order valence-electron chi connectivity index (χ0n) is 10.5. The third-order valence-electron chi connectivity index (χ3n) is 2.98. The molecule has 1 aromatic heterocycles. The van der Waals surface area contributed by atoms with E-state index in [0.29, 0.717) is 18.1 Å². The molecule has 1 aliphatic rings. The van der Waals surface area contributed by atoms with Crippen LogP contribution >= 0.6 is 22.6 Å². The monoisotopic (exact) mass is 385 g/mol. The molecule has 3 rings (SSSR count). The molecule has 1 unspecified atom stereocenters. The Morgan fingerprint density at radius 2 is 2.20 bits per heavy atom. The van der Waals surface area contributed by atoms with Crippen molar-refractivity contribution in [1.82, 2.24) is 10.2 Å². The standard InChI is InChI=1S/C13H12IN3O3/c14-9-5-2-1-4-8(9)11(18)15-13-17-16-12(20-13)10-6-3-7-19-10/h1-2,4-5,10H,3,6-7H2,(H,15,17,18). The van der Waals surface area contributed by atoms with E-state index in [1.165, 1.54) is 0 Å². The Kier molecular flexibility index (Phi) is 3.97. The van der Waals surface area contributed by atoms with E-state index in [-0.39, 0.29) is 18.0 Å². The lowest BCUT2D eigenvalue weighted by molar-refractivity contribution is 0.0893. The average molecular weight is 385 g/mol. The minimum Gasteiger partial charge on any atom is -0.405 e. The summed E-state index contributed by atoms with van der Waals surface area (Å²) in [7, 11) is 0. The second kappa shape index (κ2) is 5.88. The number of hydrogen-bond donors (Lipinski definition) is 1. The molecular formula is C13H12IN3O3. The van der Waals surface area contributed by atoms with Crippen LogP contribution in [0.15, 0.2) is 28.7 Å². The molecule has 2 heterocycles. The smallest absolute Gasteiger partial charge is 0.322 e. The van der Waals surface area contributed by atoms with Crippen LogP contribution < -0.4 is 5.32 Å². The van der Waals surface area contributed by atoms with E-state index >= 15 is 0 Å². The third-order valence-corrected chi connectivity index (χ3v) is 3.93. The van der Waals surface area contributed by atoms with Gasteiger partial charge in [0, 0.05) is 10.2 Å². The normalized spacial score (nSPS) is 18.1. The first-order valence-corrected chi connectivity index (χ1v) is 7.33. The molecule has 1 aliphatic heterocycles. The lowest BCUT2D eigenvalue weighted by atomic mass is 10.2. The van der Waals surface area contributed by atoms with Gasteiger partial charge in [-0.15, -0.1) is 5.10 Å². The first-order valence-electron chi connectivity index (χ1n) is 6.25. The lowest BCUT2D eigenvalue weighted by Crippen LogP contribution is -2.13. The van der Waals surface area contributed by atoms with Gasteiger partial charge in [0.1, 0.15) is 6.10 Å². The summed E-state index contributed by atoms with van der Waals surface area (Å²) in [5.74, 6) is 0.151.